The Kier molecular flexibility index (Phi) is 15.6. The van der Waals surface area contributed by atoms with Crippen LogP contribution in [0.25, 0.3) is 0 Å². The summed E-state index contributed by atoms with van der Waals surface area (Å²) in [5.74, 6) is -1.85. The summed E-state index contributed by atoms with van der Waals surface area (Å²) < 4.78 is 0. The number of nitrogens with one attached hydrogen (secondary N) is 3. The van der Waals surface area contributed by atoms with Gasteiger partial charge in [0.1, 0.15) is 22.8 Å². The van der Waals surface area contributed by atoms with Gasteiger partial charge in [-0.1, -0.05) is 79.6 Å². The Morgan fingerprint density at radius 3 is 2.28 bits per heavy atom. The highest BCUT2D eigenvalue weighted by Gasteiger charge is 2.34. The van der Waals surface area contributed by atoms with Gasteiger partial charge in [0.05, 0.1) is 12.0 Å². The van der Waals surface area contributed by atoms with Crippen molar-refractivity contribution in [3.05, 3.63) is 16.1 Å². The number of carbonyl (C=O) groups excluding carboxylic acids is 3. The molecule has 2 fully saturated rings. The molecule has 11 nitrogen and oxygen atoms in total. The molecule has 2 aliphatic rings. The third-order valence-corrected chi connectivity index (χ3v) is 11.2. The number of aliphatic hydroxyl groups is 1. The lowest BCUT2D eigenvalue weighted by Crippen LogP contribution is -2.57. The number of aliphatic carboxylic acids is 1. The average Bonchev–Trinajstić information content (AvgIpc) is 3.54. The highest BCUT2D eigenvalue weighted by Crippen LogP contribution is 2.30. The standard InChI is InChI=1S/C35H59N5O6S/c1-7-22(4)30(39-32(43)28-15-11-12-16-40(28)6)33(44)37-26(21(2)3)19-29(41)34-38-27(20-47-34)31(42)36-25(17-23(5)35(45)46)18-24-13-9-8-10-14-24/h20-26,28-30,41H,7-19H2,1-6H3,(H,36,42)(H,37,44)(H,39,43)(H,45,46)/t22-,23-,25+,26+,28+,29+,30-/m0/s1. The minimum atomic E-state index is -1.01. The molecule has 2 heterocycles. The van der Waals surface area contributed by atoms with Crippen molar-refractivity contribution < 1.29 is 29.4 Å². The molecule has 12 heteroatoms. The van der Waals surface area contributed by atoms with Crippen LogP contribution in [0.4, 0.5) is 0 Å². The summed E-state index contributed by atoms with van der Waals surface area (Å²) in [6.45, 7) is 10.4. The molecule has 0 unspecified atom stereocenters. The molecule has 0 aromatic carbocycles. The Morgan fingerprint density at radius 2 is 1.66 bits per heavy atom. The second-order valence-corrected chi connectivity index (χ2v) is 15.3. The van der Waals surface area contributed by atoms with Crippen molar-refractivity contribution in [2.24, 2.45) is 23.7 Å². The van der Waals surface area contributed by atoms with E-state index in [1.54, 1.807) is 12.3 Å². The van der Waals surface area contributed by atoms with Crippen LogP contribution in [0.15, 0.2) is 5.38 Å². The van der Waals surface area contributed by atoms with E-state index in [4.69, 9.17) is 0 Å². The third-order valence-electron chi connectivity index (χ3n) is 10.3. The van der Waals surface area contributed by atoms with Crippen molar-refractivity contribution in [1.29, 1.82) is 0 Å². The van der Waals surface area contributed by atoms with E-state index in [0.717, 1.165) is 57.9 Å². The molecule has 0 radical (unpaired) electrons. The Bertz CT molecular complexity index is 1170. The normalized spacial score (nSPS) is 21.7. The van der Waals surface area contributed by atoms with Crippen LogP contribution in [-0.2, 0) is 14.4 Å². The molecule has 5 N–H and O–H groups in total. The van der Waals surface area contributed by atoms with E-state index in [1.807, 2.05) is 39.6 Å². The summed E-state index contributed by atoms with van der Waals surface area (Å²) in [5, 5.41) is 31.8. The number of carbonyl (C=O) groups is 4. The minimum absolute atomic E-state index is 0.00846. The number of thiazole rings is 1. The summed E-state index contributed by atoms with van der Waals surface area (Å²) in [4.78, 5) is 58.1. The summed E-state index contributed by atoms with van der Waals surface area (Å²) in [6, 6.07) is -1.60. The van der Waals surface area contributed by atoms with Crippen molar-refractivity contribution in [1.82, 2.24) is 25.8 Å². The molecule has 1 aliphatic carbocycles. The van der Waals surface area contributed by atoms with E-state index in [-0.39, 0.29) is 53.8 Å². The van der Waals surface area contributed by atoms with Crippen molar-refractivity contribution in [2.45, 2.75) is 142 Å². The first-order chi connectivity index (χ1) is 22.3. The number of aromatic nitrogens is 1. The van der Waals surface area contributed by atoms with Crippen LogP contribution in [0.3, 0.4) is 0 Å². The highest BCUT2D eigenvalue weighted by molar-refractivity contribution is 7.09. The first-order valence-corrected chi connectivity index (χ1v) is 18.7. The predicted molar refractivity (Wildman–Crippen MR) is 184 cm³/mol. The zero-order chi connectivity index (χ0) is 34.7. The van der Waals surface area contributed by atoms with Crippen LogP contribution < -0.4 is 16.0 Å². The number of likely N-dealkylation sites (N-methyl/N-ethyl adjacent to an activating group) is 1. The number of likely N-dealkylation sites (tertiary alicyclic amines) is 1. The SMILES string of the molecule is CC[C@H](C)[C@H](NC(=O)[C@H]1CCCCN1C)C(=O)N[C@H](C[C@@H](O)c1nc(C(=O)N[C@@H](CC2CCCCC2)C[C@H](C)C(=O)O)cs1)C(C)C. The average molecular weight is 678 g/mol. The van der Waals surface area contributed by atoms with Crippen LogP contribution in [0, 0.1) is 23.7 Å². The monoisotopic (exact) mass is 677 g/mol. The molecule has 1 saturated heterocycles. The minimum Gasteiger partial charge on any atom is -0.481 e. The second-order valence-electron chi connectivity index (χ2n) is 14.4. The lowest BCUT2D eigenvalue weighted by atomic mass is 9.83. The second kappa shape index (κ2) is 18.8. The number of aliphatic hydroxyl groups excluding tert-OH is 1. The molecule has 1 saturated carbocycles. The quantitative estimate of drug-likeness (QED) is 0.156. The highest BCUT2D eigenvalue weighted by atomic mass is 32.1. The lowest BCUT2D eigenvalue weighted by Gasteiger charge is -2.34. The van der Waals surface area contributed by atoms with Gasteiger partial charge in [-0.3, -0.25) is 24.1 Å². The lowest BCUT2D eigenvalue weighted by molar-refractivity contribution is -0.141. The summed E-state index contributed by atoms with van der Waals surface area (Å²) >= 11 is 1.19. The number of piperidine rings is 1. The van der Waals surface area contributed by atoms with Crippen LogP contribution in [-0.4, -0.2) is 81.5 Å². The van der Waals surface area contributed by atoms with E-state index in [1.165, 1.54) is 17.8 Å². The van der Waals surface area contributed by atoms with Gasteiger partial charge in [0.25, 0.3) is 5.91 Å². The topological polar surface area (TPSA) is 161 Å². The Hall–Kier alpha value is -2.57. The number of rotatable bonds is 17. The molecule has 1 aromatic heterocycles. The molecule has 1 aromatic rings. The third kappa shape index (κ3) is 11.8. The van der Waals surface area contributed by atoms with Gasteiger partial charge in [-0.2, -0.15) is 0 Å². The van der Waals surface area contributed by atoms with Gasteiger partial charge in [-0.05, 0) is 57.0 Å². The fourth-order valence-corrected chi connectivity index (χ4v) is 7.64. The maximum Gasteiger partial charge on any atom is 0.306 e. The molecular formula is C35H59N5O6S. The van der Waals surface area contributed by atoms with Crippen LogP contribution in [0.2, 0.25) is 0 Å². The molecule has 0 bridgehead atoms. The maximum atomic E-state index is 13.6. The van der Waals surface area contributed by atoms with Gasteiger partial charge >= 0.3 is 5.97 Å². The Labute approximate surface area is 285 Å². The van der Waals surface area contributed by atoms with Gasteiger partial charge in [-0.25, -0.2) is 4.98 Å². The molecule has 0 spiro atoms. The zero-order valence-corrected chi connectivity index (χ0v) is 30.1. The van der Waals surface area contributed by atoms with Crippen molar-refractivity contribution >= 4 is 35.0 Å². The van der Waals surface area contributed by atoms with Crippen molar-refractivity contribution in [2.75, 3.05) is 13.6 Å². The van der Waals surface area contributed by atoms with E-state index in [0.29, 0.717) is 23.8 Å². The molecule has 266 valence electrons. The summed E-state index contributed by atoms with van der Waals surface area (Å²) in [6.07, 6.45) is 9.56. The van der Waals surface area contributed by atoms with Crippen LogP contribution in [0.5, 0.6) is 0 Å². The first kappa shape index (κ1) is 38.9. The van der Waals surface area contributed by atoms with Crippen molar-refractivity contribution in [3.63, 3.8) is 0 Å². The van der Waals surface area contributed by atoms with Gasteiger partial charge in [0.2, 0.25) is 11.8 Å². The Balaban J connectivity index is 1.64. The number of carboxylic acids is 1. The number of hydrogen-bond acceptors (Lipinski definition) is 8. The van der Waals surface area contributed by atoms with Gasteiger partial charge in [0, 0.05) is 23.9 Å². The number of carboxylic acid groups (broad SMARTS) is 1. The van der Waals surface area contributed by atoms with E-state index >= 15 is 0 Å². The maximum absolute atomic E-state index is 13.6. The number of amides is 3. The molecule has 3 rings (SSSR count). The summed E-state index contributed by atoms with van der Waals surface area (Å²) in [5.41, 5.74) is 0.193. The van der Waals surface area contributed by atoms with E-state index < -0.39 is 30.1 Å². The largest absolute Gasteiger partial charge is 0.481 e. The molecule has 1 aliphatic heterocycles. The predicted octanol–water partition coefficient (Wildman–Crippen LogP) is 4.90. The summed E-state index contributed by atoms with van der Waals surface area (Å²) in [7, 11) is 1.95. The van der Waals surface area contributed by atoms with Gasteiger partial charge < -0.3 is 26.2 Å². The van der Waals surface area contributed by atoms with Gasteiger partial charge in [-0.15, -0.1) is 11.3 Å². The Morgan fingerprint density at radius 1 is 0.979 bits per heavy atom. The fourth-order valence-electron chi connectivity index (χ4n) is 6.84. The zero-order valence-electron chi connectivity index (χ0n) is 29.3. The smallest absolute Gasteiger partial charge is 0.306 e. The molecule has 7 atom stereocenters. The van der Waals surface area contributed by atoms with E-state index in [9.17, 15) is 29.4 Å². The molecular weight excluding hydrogens is 618 g/mol. The first-order valence-electron chi connectivity index (χ1n) is 17.8. The van der Waals surface area contributed by atoms with Crippen LogP contribution >= 0.6 is 11.3 Å². The molecule has 3 amide bonds. The fraction of sp³-hybridized carbons (Fsp3) is 0.800. The number of hydrogen-bond donors (Lipinski definition) is 5. The van der Waals surface area contributed by atoms with Crippen molar-refractivity contribution in [3.8, 4) is 0 Å². The van der Waals surface area contributed by atoms with E-state index in [2.05, 4.69) is 20.9 Å². The van der Waals surface area contributed by atoms with Gasteiger partial charge in [0.15, 0.2) is 0 Å². The molecule has 47 heavy (non-hydrogen) atoms. The number of nitrogens with zero attached hydrogens (tertiary/aromatic N) is 2. The van der Waals surface area contributed by atoms with Crippen LogP contribution in [0.1, 0.15) is 133 Å².